The van der Waals surface area contributed by atoms with E-state index in [1.807, 2.05) is 19.9 Å². The molecule has 6 heteroatoms. The molecule has 0 saturated heterocycles. The summed E-state index contributed by atoms with van der Waals surface area (Å²) in [6, 6.07) is 5.08. The molecular weight excluding hydrogens is 442 g/mol. The number of aliphatic hydroxyl groups excluding tert-OH is 1. The first-order valence-electron chi connectivity index (χ1n) is 5.99. The van der Waals surface area contributed by atoms with Crippen LogP contribution < -0.4 is 0 Å². The molecule has 96 valence electrons. The standard InChI is InChI=1S/C12H16NO3.ClH.Hg/c1-4-12(14)10-6-5-9(8(2)3)7-11(10)13(15)16;;/h5-8,12,14H,1,4H2,2-3H3;1H;/q;;+1/p-1. The van der Waals surface area contributed by atoms with E-state index in [2.05, 4.69) is 0 Å². The van der Waals surface area contributed by atoms with Crippen molar-refractivity contribution in [3.8, 4) is 0 Å². The van der Waals surface area contributed by atoms with Crippen molar-refractivity contribution < 1.29 is 33.4 Å². The summed E-state index contributed by atoms with van der Waals surface area (Å²) in [6.07, 6.45) is -0.238. The summed E-state index contributed by atoms with van der Waals surface area (Å²) in [5.74, 6) is 0.231. The number of nitro benzene ring substituents is 1. The van der Waals surface area contributed by atoms with E-state index in [0.717, 1.165) is 9.49 Å². The normalized spacial score (nSPS) is 12.3. The molecule has 1 N–H and O–H groups in total. The number of hydrogen-bond acceptors (Lipinski definition) is 3. The molecule has 0 fully saturated rings. The Labute approximate surface area is 122 Å². The minimum atomic E-state index is -1.29. The fraction of sp³-hybridized carbons (Fsp3) is 0.500. The molecule has 1 unspecified atom stereocenters. The van der Waals surface area contributed by atoms with Crippen LogP contribution in [0.5, 0.6) is 0 Å². The maximum atomic E-state index is 11.1. The molecule has 1 aromatic carbocycles. The first-order valence-corrected chi connectivity index (χ1v) is 16.6. The first kappa shape index (κ1) is 15.9. The van der Waals surface area contributed by atoms with Crippen LogP contribution in [0.15, 0.2) is 18.2 Å². The van der Waals surface area contributed by atoms with Crippen LogP contribution in [-0.4, -0.2) is 10.0 Å². The third-order valence-electron chi connectivity index (χ3n) is 2.89. The zero-order valence-corrected chi connectivity index (χ0v) is 16.9. The Hall–Kier alpha value is -0.195. The molecule has 0 radical (unpaired) electrons. The van der Waals surface area contributed by atoms with E-state index < -0.39 is 34.4 Å². The minimum absolute atomic E-state index is 0.0138. The zero-order chi connectivity index (χ0) is 13.7. The third-order valence-corrected chi connectivity index (χ3v) is 7.86. The van der Waals surface area contributed by atoms with Crippen LogP contribution in [0.25, 0.3) is 0 Å². The van der Waals surface area contributed by atoms with Gasteiger partial charge in [-0.05, 0) is 0 Å². The van der Waals surface area contributed by atoms with Crippen LogP contribution in [0.3, 0.4) is 0 Å². The van der Waals surface area contributed by atoms with Gasteiger partial charge in [0, 0.05) is 0 Å². The van der Waals surface area contributed by atoms with Gasteiger partial charge in [-0.2, -0.15) is 0 Å². The Bertz CT molecular complexity index is 426. The topological polar surface area (TPSA) is 63.4 Å². The van der Waals surface area contributed by atoms with Crippen LogP contribution in [-0.2, 0) is 23.3 Å². The molecular formula is C12H16ClHgNO3. The summed E-state index contributed by atoms with van der Waals surface area (Å²) in [4.78, 5) is 10.6. The van der Waals surface area contributed by atoms with Crippen molar-refractivity contribution in [3.05, 3.63) is 39.4 Å². The van der Waals surface area contributed by atoms with Crippen molar-refractivity contribution in [2.45, 2.75) is 36.2 Å². The van der Waals surface area contributed by atoms with Crippen molar-refractivity contribution >= 4 is 13.9 Å². The Morgan fingerprint density at radius 2 is 2.17 bits per heavy atom. The van der Waals surface area contributed by atoms with E-state index in [4.69, 9.17) is 8.25 Å². The summed E-state index contributed by atoms with van der Waals surface area (Å²) in [5, 5.41) is 21.0. The second kappa shape index (κ2) is 7.41. The van der Waals surface area contributed by atoms with Gasteiger partial charge in [-0.15, -0.1) is 0 Å². The molecule has 0 aliphatic rings. The molecule has 0 amide bonds. The van der Waals surface area contributed by atoms with Gasteiger partial charge in [-0.1, -0.05) is 0 Å². The number of aliphatic hydroxyl groups is 1. The van der Waals surface area contributed by atoms with Gasteiger partial charge < -0.3 is 0 Å². The average molecular weight is 458 g/mol. The number of halogens is 1. The third kappa shape index (κ3) is 4.18. The zero-order valence-electron chi connectivity index (χ0n) is 10.6. The summed E-state index contributed by atoms with van der Waals surface area (Å²) >= 11 is -1.29. The van der Waals surface area contributed by atoms with Gasteiger partial charge in [-0.25, -0.2) is 0 Å². The van der Waals surface area contributed by atoms with Crippen LogP contribution in [0.1, 0.15) is 43.4 Å². The van der Waals surface area contributed by atoms with Crippen molar-refractivity contribution in [2.75, 3.05) is 0 Å². The molecule has 0 bridgehead atoms. The predicted octanol–water partition coefficient (Wildman–Crippen LogP) is 3.80. The van der Waals surface area contributed by atoms with Crippen LogP contribution in [0.2, 0.25) is 3.93 Å². The molecule has 1 atom stereocenters. The maximum absolute atomic E-state index is 11.1. The second-order valence-electron chi connectivity index (χ2n) is 4.58. The van der Waals surface area contributed by atoms with Gasteiger partial charge in [0.2, 0.25) is 0 Å². The fourth-order valence-corrected chi connectivity index (χ4v) is 5.24. The van der Waals surface area contributed by atoms with E-state index in [9.17, 15) is 15.2 Å². The molecule has 18 heavy (non-hydrogen) atoms. The van der Waals surface area contributed by atoms with Crippen LogP contribution in [0, 0.1) is 10.1 Å². The van der Waals surface area contributed by atoms with Crippen LogP contribution in [0.4, 0.5) is 5.69 Å². The summed E-state index contributed by atoms with van der Waals surface area (Å²) in [6.45, 7) is 3.97. The van der Waals surface area contributed by atoms with Crippen molar-refractivity contribution in [1.29, 1.82) is 0 Å². The van der Waals surface area contributed by atoms with E-state index in [0.29, 0.717) is 12.0 Å². The van der Waals surface area contributed by atoms with Crippen molar-refractivity contribution in [2.24, 2.45) is 0 Å². The Balaban J connectivity index is 3.07. The summed E-state index contributed by atoms with van der Waals surface area (Å²) in [5.41, 5.74) is 1.33. The Morgan fingerprint density at radius 3 is 2.67 bits per heavy atom. The molecule has 0 aliphatic carbocycles. The van der Waals surface area contributed by atoms with Gasteiger partial charge in [0.15, 0.2) is 0 Å². The number of benzene rings is 1. The number of nitro groups is 1. The van der Waals surface area contributed by atoms with Gasteiger partial charge in [0.1, 0.15) is 0 Å². The molecule has 1 aromatic rings. The van der Waals surface area contributed by atoms with Gasteiger partial charge >= 0.3 is 123 Å². The molecule has 1 rings (SSSR count). The van der Waals surface area contributed by atoms with Crippen molar-refractivity contribution in [1.82, 2.24) is 0 Å². The van der Waals surface area contributed by atoms with Gasteiger partial charge in [0.05, 0.1) is 0 Å². The molecule has 0 saturated carbocycles. The SMILES string of the molecule is CC(C)c1ccc(C(O)C[CH2][Hg][Cl])c([N+](=O)[O-])c1. The Kier molecular flexibility index (Phi) is 6.53. The predicted molar refractivity (Wildman–Crippen MR) is 67.4 cm³/mol. The monoisotopic (exact) mass is 459 g/mol. The van der Waals surface area contributed by atoms with E-state index in [1.165, 1.54) is 0 Å². The molecule has 0 aliphatic heterocycles. The molecule has 4 nitrogen and oxygen atoms in total. The van der Waals surface area contributed by atoms with Gasteiger partial charge in [0.25, 0.3) is 0 Å². The first-order chi connectivity index (χ1) is 8.47. The average Bonchev–Trinajstić information content (AvgIpc) is 2.34. The van der Waals surface area contributed by atoms with E-state index in [1.54, 1.807) is 12.1 Å². The molecule has 0 heterocycles. The van der Waals surface area contributed by atoms with E-state index in [-0.39, 0.29) is 11.6 Å². The van der Waals surface area contributed by atoms with Crippen LogP contribution >= 0.6 is 8.25 Å². The van der Waals surface area contributed by atoms with E-state index >= 15 is 0 Å². The van der Waals surface area contributed by atoms with Gasteiger partial charge in [-0.3, -0.25) is 0 Å². The Morgan fingerprint density at radius 1 is 1.50 bits per heavy atom. The second-order valence-corrected chi connectivity index (χ2v) is 12.1. The fourth-order valence-electron chi connectivity index (χ4n) is 1.79. The summed E-state index contributed by atoms with van der Waals surface area (Å²) in [7, 11) is 5.78. The quantitative estimate of drug-likeness (QED) is 0.401. The molecule has 0 aromatic heterocycles. The number of hydrogen-bond donors (Lipinski definition) is 1. The number of nitrogens with zero attached hydrogens (tertiary/aromatic N) is 1. The number of rotatable bonds is 6. The summed E-state index contributed by atoms with van der Waals surface area (Å²) < 4.78 is 0.853. The molecule has 0 spiro atoms. The van der Waals surface area contributed by atoms with Crippen molar-refractivity contribution in [3.63, 3.8) is 0 Å².